The molecule has 0 aromatic carbocycles. The molecular formula is C16H30N2O. The summed E-state index contributed by atoms with van der Waals surface area (Å²) in [6, 6.07) is 0. The fraction of sp³-hybridized carbons (Fsp3) is 0.812. The van der Waals surface area contributed by atoms with Crippen LogP contribution in [0, 0.1) is 5.92 Å². The maximum atomic E-state index is 12.1. The Kier molecular flexibility index (Phi) is 7.80. The zero-order valence-corrected chi connectivity index (χ0v) is 12.7. The van der Waals surface area contributed by atoms with Crippen molar-refractivity contribution in [3.63, 3.8) is 0 Å². The second kappa shape index (κ2) is 9.13. The van der Waals surface area contributed by atoms with Crippen molar-refractivity contribution in [2.45, 2.75) is 52.4 Å². The Bertz CT molecular complexity index is 288. The number of carbonyl (C=O) groups is 1. The third-order valence-electron chi connectivity index (χ3n) is 3.84. The van der Waals surface area contributed by atoms with Gasteiger partial charge < -0.3 is 10.2 Å². The normalized spacial score (nSPS) is 20.4. The van der Waals surface area contributed by atoms with E-state index in [-0.39, 0.29) is 0 Å². The average molecular weight is 266 g/mol. The van der Waals surface area contributed by atoms with Gasteiger partial charge in [0.05, 0.1) is 0 Å². The van der Waals surface area contributed by atoms with Gasteiger partial charge in [0.2, 0.25) is 5.91 Å². The maximum Gasteiger partial charge on any atom is 0.222 e. The average Bonchev–Trinajstić information content (AvgIpc) is 2.55. The van der Waals surface area contributed by atoms with Crippen LogP contribution in [0.3, 0.4) is 0 Å². The third kappa shape index (κ3) is 6.24. The molecule has 0 aromatic heterocycles. The predicted molar refractivity (Wildman–Crippen MR) is 81.1 cm³/mol. The molecular weight excluding hydrogens is 236 g/mol. The first-order valence-electron chi connectivity index (χ1n) is 7.82. The van der Waals surface area contributed by atoms with E-state index in [9.17, 15) is 4.79 Å². The van der Waals surface area contributed by atoms with Gasteiger partial charge in [-0.2, -0.15) is 0 Å². The molecule has 19 heavy (non-hydrogen) atoms. The lowest BCUT2D eigenvalue weighted by Gasteiger charge is -2.22. The number of rotatable bonds is 8. The van der Waals surface area contributed by atoms with E-state index in [2.05, 4.69) is 25.7 Å². The molecule has 0 saturated carbocycles. The van der Waals surface area contributed by atoms with E-state index in [4.69, 9.17) is 0 Å². The highest BCUT2D eigenvalue weighted by molar-refractivity contribution is 5.76. The molecule has 0 aromatic rings. The van der Waals surface area contributed by atoms with Crippen LogP contribution in [0.4, 0.5) is 0 Å². The Morgan fingerprint density at radius 2 is 2.16 bits per heavy atom. The molecule has 0 aliphatic carbocycles. The summed E-state index contributed by atoms with van der Waals surface area (Å²) < 4.78 is 0. The quantitative estimate of drug-likeness (QED) is 0.541. The second-order valence-corrected chi connectivity index (χ2v) is 5.72. The number of nitrogens with one attached hydrogen (secondary N) is 1. The van der Waals surface area contributed by atoms with Gasteiger partial charge in [-0.1, -0.05) is 33.3 Å². The summed E-state index contributed by atoms with van der Waals surface area (Å²) >= 11 is 0. The number of carbonyl (C=O) groups excluding carboxylic acids is 1. The lowest BCUT2D eigenvalue weighted by Crippen LogP contribution is -2.34. The van der Waals surface area contributed by atoms with Gasteiger partial charge in [0, 0.05) is 26.1 Å². The SMILES string of the molecule is C=C(CNCCC)CN1CCC(CCC)CCC1=O. The molecule has 1 aliphatic rings. The molecule has 1 heterocycles. The molecule has 0 spiro atoms. The predicted octanol–water partition coefficient (Wildman–Crippen LogP) is 2.97. The summed E-state index contributed by atoms with van der Waals surface area (Å²) in [5.41, 5.74) is 1.12. The van der Waals surface area contributed by atoms with E-state index in [1.54, 1.807) is 0 Å². The monoisotopic (exact) mass is 266 g/mol. The maximum absolute atomic E-state index is 12.1. The van der Waals surface area contributed by atoms with Crippen molar-refractivity contribution in [3.8, 4) is 0 Å². The van der Waals surface area contributed by atoms with Crippen molar-refractivity contribution in [1.29, 1.82) is 0 Å². The summed E-state index contributed by atoms with van der Waals surface area (Å²) in [7, 11) is 0. The zero-order valence-electron chi connectivity index (χ0n) is 12.7. The van der Waals surface area contributed by atoms with E-state index in [0.29, 0.717) is 5.91 Å². The largest absolute Gasteiger partial charge is 0.339 e. The standard InChI is InChI=1S/C16H30N2O/c1-4-6-15-7-8-16(19)18(11-9-15)13-14(3)12-17-10-5-2/h15,17H,3-13H2,1-2H3. The van der Waals surface area contributed by atoms with Crippen LogP contribution in [0.2, 0.25) is 0 Å². The lowest BCUT2D eigenvalue weighted by atomic mass is 9.96. The molecule has 1 N–H and O–H groups in total. The molecule has 1 saturated heterocycles. The first-order chi connectivity index (χ1) is 9.17. The fourth-order valence-electron chi connectivity index (χ4n) is 2.73. The van der Waals surface area contributed by atoms with Crippen LogP contribution in [0.15, 0.2) is 12.2 Å². The van der Waals surface area contributed by atoms with Gasteiger partial charge >= 0.3 is 0 Å². The van der Waals surface area contributed by atoms with Gasteiger partial charge in [-0.3, -0.25) is 4.79 Å². The molecule has 1 atom stereocenters. The highest BCUT2D eigenvalue weighted by atomic mass is 16.2. The van der Waals surface area contributed by atoms with Crippen molar-refractivity contribution in [2.75, 3.05) is 26.2 Å². The molecule has 0 bridgehead atoms. The van der Waals surface area contributed by atoms with Crippen LogP contribution in [-0.2, 0) is 4.79 Å². The number of nitrogens with zero attached hydrogens (tertiary/aromatic N) is 1. The molecule has 3 nitrogen and oxygen atoms in total. The molecule has 1 aliphatic heterocycles. The van der Waals surface area contributed by atoms with E-state index < -0.39 is 0 Å². The van der Waals surface area contributed by atoms with Crippen molar-refractivity contribution in [1.82, 2.24) is 10.2 Å². The summed E-state index contributed by atoms with van der Waals surface area (Å²) in [6.45, 7) is 12.0. The first kappa shape index (κ1) is 16.2. The van der Waals surface area contributed by atoms with Crippen LogP contribution in [0.5, 0.6) is 0 Å². The summed E-state index contributed by atoms with van der Waals surface area (Å²) in [4.78, 5) is 14.1. The van der Waals surface area contributed by atoms with Crippen LogP contribution in [0.1, 0.15) is 52.4 Å². The molecule has 1 rings (SSSR count). The number of amides is 1. The van der Waals surface area contributed by atoms with Crippen LogP contribution >= 0.6 is 0 Å². The topological polar surface area (TPSA) is 32.3 Å². The van der Waals surface area contributed by atoms with Gasteiger partial charge in [0.1, 0.15) is 0 Å². The molecule has 110 valence electrons. The van der Waals surface area contributed by atoms with Crippen LogP contribution in [-0.4, -0.2) is 37.0 Å². The third-order valence-corrected chi connectivity index (χ3v) is 3.84. The summed E-state index contributed by atoms with van der Waals surface area (Å²) in [5, 5.41) is 3.35. The van der Waals surface area contributed by atoms with Crippen LogP contribution < -0.4 is 5.32 Å². The number of likely N-dealkylation sites (tertiary alicyclic amines) is 1. The highest BCUT2D eigenvalue weighted by Crippen LogP contribution is 2.22. The molecule has 1 amide bonds. The van der Waals surface area contributed by atoms with E-state index in [0.717, 1.165) is 63.4 Å². The lowest BCUT2D eigenvalue weighted by molar-refractivity contribution is -0.130. The molecule has 1 fully saturated rings. The van der Waals surface area contributed by atoms with Crippen molar-refractivity contribution in [2.24, 2.45) is 5.92 Å². The van der Waals surface area contributed by atoms with Gasteiger partial charge in [-0.15, -0.1) is 0 Å². The number of hydrogen-bond acceptors (Lipinski definition) is 2. The zero-order chi connectivity index (χ0) is 14.1. The summed E-state index contributed by atoms with van der Waals surface area (Å²) in [6.07, 6.45) is 6.58. The smallest absolute Gasteiger partial charge is 0.222 e. The second-order valence-electron chi connectivity index (χ2n) is 5.72. The first-order valence-corrected chi connectivity index (χ1v) is 7.82. The Balaban J connectivity index is 2.35. The minimum absolute atomic E-state index is 0.315. The Morgan fingerprint density at radius 3 is 2.84 bits per heavy atom. The fourth-order valence-corrected chi connectivity index (χ4v) is 2.73. The van der Waals surface area contributed by atoms with Gasteiger partial charge in [0.15, 0.2) is 0 Å². The minimum atomic E-state index is 0.315. The van der Waals surface area contributed by atoms with E-state index in [1.807, 2.05) is 4.90 Å². The molecule has 0 radical (unpaired) electrons. The minimum Gasteiger partial charge on any atom is -0.339 e. The molecule has 1 unspecified atom stereocenters. The highest BCUT2D eigenvalue weighted by Gasteiger charge is 2.22. The summed E-state index contributed by atoms with van der Waals surface area (Å²) in [5.74, 6) is 1.06. The van der Waals surface area contributed by atoms with Crippen molar-refractivity contribution in [3.05, 3.63) is 12.2 Å². The van der Waals surface area contributed by atoms with Gasteiger partial charge in [0.25, 0.3) is 0 Å². The number of hydrogen-bond donors (Lipinski definition) is 1. The molecule has 3 heteroatoms. The van der Waals surface area contributed by atoms with Crippen molar-refractivity contribution >= 4 is 5.91 Å². The van der Waals surface area contributed by atoms with Crippen molar-refractivity contribution < 1.29 is 4.79 Å². The Hall–Kier alpha value is -0.830. The van der Waals surface area contributed by atoms with E-state index >= 15 is 0 Å². The Labute approximate surface area is 118 Å². The van der Waals surface area contributed by atoms with Gasteiger partial charge in [-0.25, -0.2) is 0 Å². The Morgan fingerprint density at radius 1 is 1.37 bits per heavy atom. The van der Waals surface area contributed by atoms with Crippen LogP contribution in [0.25, 0.3) is 0 Å². The van der Waals surface area contributed by atoms with Gasteiger partial charge in [-0.05, 0) is 37.3 Å². The van der Waals surface area contributed by atoms with E-state index in [1.165, 1.54) is 12.8 Å².